The summed E-state index contributed by atoms with van der Waals surface area (Å²) in [5, 5.41) is 0. The van der Waals surface area contributed by atoms with E-state index in [0.717, 1.165) is 0 Å². The molecule has 0 aliphatic carbocycles. The fourth-order valence-corrected chi connectivity index (χ4v) is 0. The van der Waals surface area contributed by atoms with E-state index in [-0.39, 0.29) is 136 Å². The highest BCUT2D eigenvalue weighted by atomic mass is 31.2. The molecule has 0 rings (SSSR count). The summed E-state index contributed by atoms with van der Waals surface area (Å²) in [7, 11) is -4.64. The Bertz CT molecular complexity index is 64.6. The zero-order valence-corrected chi connectivity index (χ0v) is 7.09. The molecular weight excluding hydrogens is 320 g/mol. The number of hydrogen-bond acceptors (Lipinski definition) is 1. The quantitative estimate of drug-likeness (QED) is 0.283. The molecule has 112 valence electrons. The monoisotopic (exact) mass is 346 g/mol. The second-order valence-corrected chi connectivity index (χ2v) is 1.54. The molecule has 0 aromatic heterocycles. The summed E-state index contributed by atoms with van der Waals surface area (Å²) in [6, 6.07) is 0. The van der Waals surface area contributed by atoms with Gasteiger partial charge in [-0.1, -0.05) is 0 Å². The van der Waals surface area contributed by atoms with Crippen LogP contribution in [0.3, 0.4) is 0 Å². The van der Waals surface area contributed by atoms with Crippen LogP contribution in [0.25, 0.3) is 0 Å². The van der Waals surface area contributed by atoms with Gasteiger partial charge >= 0.3 is 100 Å². The molecule has 0 saturated carbocycles. The zero-order valence-electron chi connectivity index (χ0n) is 6.20. The molecule has 0 heterocycles. The average Bonchev–Trinajstić information content (AvgIpc) is 0.722. The maximum atomic E-state index is 8.88. The Morgan fingerprint density at radius 1 is 0.471 bits per heavy atom. The molecule has 0 aromatic rings. The molecule has 0 atom stereocenters. The van der Waals surface area contributed by atoms with E-state index in [0.29, 0.717) is 0 Å². The molecule has 17 heavy (non-hydrogen) atoms. The molecule has 0 amide bonds. The van der Waals surface area contributed by atoms with Crippen LogP contribution in [0.1, 0.15) is 0 Å². The molecule has 12 nitrogen and oxygen atoms in total. The van der Waals surface area contributed by atoms with Crippen LogP contribution in [-0.4, -0.2) is 151 Å². The first-order valence-corrected chi connectivity index (χ1v) is 2.35. The Balaban J connectivity index is -0.00000000121. The second kappa shape index (κ2) is 76.7. The second-order valence-electron chi connectivity index (χ2n) is 0.513. The highest BCUT2D eigenvalue weighted by Crippen LogP contribution is 2.25. The van der Waals surface area contributed by atoms with E-state index in [1.165, 1.54) is 0 Å². The van der Waals surface area contributed by atoms with Gasteiger partial charge < -0.3 is 58.5 Å². The van der Waals surface area contributed by atoms with Crippen LogP contribution in [0.5, 0.6) is 0 Å². The third-order valence-electron chi connectivity index (χ3n) is 0. The lowest BCUT2D eigenvalue weighted by Crippen LogP contribution is -1.66. The first kappa shape index (κ1) is 150. The highest BCUT2D eigenvalue weighted by Gasteiger charge is 2.00. The molecule has 0 spiro atoms. The van der Waals surface area contributed by atoms with Gasteiger partial charge in [-0.15, -0.1) is 0 Å². The predicted molar refractivity (Wildman–Crippen MR) is 77.3 cm³/mol. The summed E-state index contributed by atoms with van der Waals surface area (Å²) in [5.41, 5.74) is 0. The Kier molecular flexibility index (Phi) is 677. The smallest absolute Gasteiger partial charge is 0.412 e. The fourth-order valence-electron chi connectivity index (χ4n) is 0. The van der Waals surface area contributed by atoms with E-state index in [4.69, 9.17) is 19.2 Å². The number of hydrogen-bond donors (Lipinski definition) is 3. The zero-order chi connectivity index (χ0) is 4.50. The van der Waals surface area contributed by atoms with E-state index in [1.54, 1.807) is 0 Å². The molecule has 0 bridgehead atoms. The fraction of sp³-hybridized carbons (Fsp3) is 0. The first-order valence-electron chi connectivity index (χ1n) is 0.783. The third kappa shape index (κ3) is 657. The Morgan fingerprint density at radius 3 is 0.471 bits per heavy atom. The molecule has 0 aromatic carbocycles. The van der Waals surface area contributed by atoms with Crippen molar-refractivity contribution in [2.75, 3.05) is 0 Å². The number of rotatable bonds is 0. The van der Waals surface area contributed by atoms with Crippen molar-refractivity contribution in [2.24, 2.45) is 0 Å². The molecule has 19 N–H and O–H groups in total. The van der Waals surface area contributed by atoms with Gasteiger partial charge in [-0.05, 0) is 0 Å². The summed E-state index contributed by atoms with van der Waals surface area (Å²) in [4.78, 5) is 21.6. The van der Waals surface area contributed by atoms with Gasteiger partial charge in [0.25, 0.3) is 0 Å². The van der Waals surface area contributed by atoms with Crippen molar-refractivity contribution in [1.82, 2.24) is 0 Å². The van der Waals surface area contributed by atoms with Crippen molar-refractivity contribution in [3.05, 3.63) is 0 Å². The maximum Gasteiger partial charge on any atom is 0.466 e. The van der Waals surface area contributed by atoms with E-state index in [9.17, 15) is 0 Å². The Labute approximate surface area is 161 Å². The third-order valence-corrected chi connectivity index (χ3v) is 0. The van der Waals surface area contributed by atoms with Gasteiger partial charge in [0.05, 0.1) is 0 Å². The topological polar surface area (TPSA) is 330 Å². The normalized spacial score (nSPS) is 3.47. The van der Waals surface area contributed by atoms with Gasteiger partial charge in [0, 0.05) is 0 Å². The molecule has 17 heteroatoms. The largest absolute Gasteiger partial charge is 0.466 e. The van der Waals surface area contributed by atoms with Crippen molar-refractivity contribution in [3.63, 3.8) is 0 Å². The van der Waals surface area contributed by atoms with Crippen molar-refractivity contribution >= 4 is 100 Å². The van der Waals surface area contributed by atoms with Crippen molar-refractivity contribution < 1.29 is 63.1 Å². The lowest BCUT2D eigenvalue weighted by atomic mass is 15.8. The van der Waals surface area contributed by atoms with E-state index >= 15 is 0 Å². The molecule has 0 aliphatic rings. The van der Waals surface area contributed by atoms with Crippen LogP contribution >= 0.6 is 7.82 Å². The van der Waals surface area contributed by atoms with Gasteiger partial charge in [-0.2, -0.15) is 0 Å². The lowest BCUT2D eigenvalue weighted by Gasteiger charge is -1.82. The average molecular weight is 347 g/mol. The Hall–Kier alpha value is 2.85. The highest BCUT2D eigenvalue weighted by molar-refractivity contribution is 7.45. The lowest BCUT2D eigenvalue weighted by molar-refractivity contribution is 0.275. The predicted octanol–water partition coefficient (Wildman–Crippen LogP) is -11.2. The van der Waals surface area contributed by atoms with Crippen LogP contribution in [-0.2, 0) is 4.57 Å². The van der Waals surface area contributed by atoms with Gasteiger partial charge in [0.1, 0.15) is 0 Å². The summed E-state index contributed by atoms with van der Waals surface area (Å²) in [6.45, 7) is 0. The molecule has 0 aliphatic heterocycles. The van der Waals surface area contributed by atoms with E-state index < -0.39 is 7.82 Å². The van der Waals surface area contributed by atoms with Crippen LogP contribution < -0.4 is 0 Å². The van der Waals surface area contributed by atoms with Crippen LogP contribution in [0.2, 0.25) is 0 Å². The SMILES string of the molecule is O.O.O.O.O.O.O.O.O=P(O)(O)O.[MgH2].[MgH2].[MgH2].[MgH2]. The molecule has 0 radical (unpaired) electrons. The molecule has 0 saturated heterocycles. The minimum atomic E-state index is -4.64. The van der Waals surface area contributed by atoms with Gasteiger partial charge in [0.15, 0.2) is 0 Å². The van der Waals surface area contributed by atoms with E-state index in [2.05, 4.69) is 0 Å². The van der Waals surface area contributed by atoms with Crippen LogP contribution in [0.4, 0.5) is 0 Å². The van der Waals surface area contributed by atoms with E-state index in [1.807, 2.05) is 0 Å². The summed E-state index contributed by atoms with van der Waals surface area (Å²) in [5.74, 6) is 0. The van der Waals surface area contributed by atoms with Crippen molar-refractivity contribution in [3.8, 4) is 0 Å². The van der Waals surface area contributed by atoms with Crippen molar-refractivity contribution in [2.45, 2.75) is 0 Å². The van der Waals surface area contributed by atoms with Crippen LogP contribution in [0, 0.1) is 0 Å². The number of phosphoric acid groups is 1. The van der Waals surface area contributed by atoms with Crippen molar-refractivity contribution in [1.29, 1.82) is 0 Å². The molecular formula is H27Mg4O12P. The van der Waals surface area contributed by atoms with Gasteiger partial charge in [0.2, 0.25) is 0 Å². The van der Waals surface area contributed by atoms with Gasteiger partial charge in [-0.3, -0.25) is 0 Å². The summed E-state index contributed by atoms with van der Waals surface area (Å²) < 4.78 is 8.88. The summed E-state index contributed by atoms with van der Waals surface area (Å²) in [6.07, 6.45) is 0. The molecule has 0 fully saturated rings. The first-order chi connectivity index (χ1) is 2.00. The molecule has 0 unspecified atom stereocenters. The summed E-state index contributed by atoms with van der Waals surface area (Å²) >= 11 is 0. The maximum absolute atomic E-state index is 8.88. The minimum Gasteiger partial charge on any atom is -0.412 e. The Morgan fingerprint density at radius 2 is 0.471 bits per heavy atom. The standard InChI is InChI=1S/4Mg.H3O4P.8H2O.8H/c;;;;1-5(2,3)4;;;;;;;;;;;;;;;;/h;;;;(H3,1,2,3,4);8*1H2;;;;;;;;. The van der Waals surface area contributed by atoms with Gasteiger partial charge in [-0.25, -0.2) is 4.57 Å². The minimum absolute atomic E-state index is 0. The van der Waals surface area contributed by atoms with Crippen LogP contribution in [0.15, 0.2) is 0 Å².